The van der Waals surface area contributed by atoms with Crippen molar-refractivity contribution in [3.63, 3.8) is 0 Å². The Labute approximate surface area is 192 Å². The number of carbonyl (C=O) groups is 1. The van der Waals surface area contributed by atoms with E-state index < -0.39 is 17.3 Å². The molecule has 1 amide bonds. The molecular formula is C25H30N4O4. The number of hydrogen-bond acceptors (Lipinski definition) is 5. The minimum absolute atomic E-state index is 0.116. The van der Waals surface area contributed by atoms with Gasteiger partial charge in [0.1, 0.15) is 11.8 Å². The largest absolute Gasteiger partial charge is 0.497 e. The molecule has 1 aliphatic heterocycles. The van der Waals surface area contributed by atoms with Gasteiger partial charge < -0.3 is 14.5 Å². The molecule has 174 valence electrons. The van der Waals surface area contributed by atoms with Crippen LogP contribution in [0, 0.1) is 6.92 Å². The monoisotopic (exact) mass is 450 g/mol. The number of carbonyl (C=O) groups excluding carboxylic acids is 1. The average molecular weight is 451 g/mol. The van der Waals surface area contributed by atoms with Crippen LogP contribution in [0.2, 0.25) is 0 Å². The molecule has 1 unspecified atom stereocenters. The molecule has 0 N–H and O–H groups in total. The maximum atomic E-state index is 13.7. The van der Waals surface area contributed by atoms with Crippen LogP contribution in [0.1, 0.15) is 25.5 Å². The Hall–Kier alpha value is -3.39. The summed E-state index contributed by atoms with van der Waals surface area (Å²) in [6, 6.07) is 11.4. The zero-order valence-corrected chi connectivity index (χ0v) is 19.6. The molecule has 8 heteroatoms. The van der Waals surface area contributed by atoms with E-state index in [2.05, 4.69) is 11.8 Å². The highest BCUT2D eigenvalue weighted by atomic mass is 16.5. The van der Waals surface area contributed by atoms with Crippen LogP contribution in [0.4, 0.5) is 0 Å². The lowest BCUT2D eigenvalue weighted by Gasteiger charge is -2.35. The van der Waals surface area contributed by atoms with Gasteiger partial charge in [-0.15, -0.1) is 0 Å². The summed E-state index contributed by atoms with van der Waals surface area (Å²) in [7, 11) is 1.56. The summed E-state index contributed by atoms with van der Waals surface area (Å²) >= 11 is 0. The topological polar surface area (TPSA) is 76.8 Å². The number of piperazine rings is 1. The maximum absolute atomic E-state index is 13.7. The first-order chi connectivity index (χ1) is 15.8. The Morgan fingerprint density at radius 2 is 1.70 bits per heavy atom. The van der Waals surface area contributed by atoms with Crippen molar-refractivity contribution < 1.29 is 9.53 Å². The average Bonchev–Trinajstić information content (AvgIpc) is 2.84. The molecule has 1 aliphatic rings. The lowest BCUT2D eigenvalue weighted by atomic mass is 10.1. The fraction of sp³-hybridized carbons (Fsp3) is 0.400. The van der Waals surface area contributed by atoms with Gasteiger partial charge in [-0.1, -0.05) is 18.6 Å². The van der Waals surface area contributed by atoms with Crippen LogP contribution < -0.4 is 16.0 Å². The first-order valence-electron chi connectivity index (χ1n) is 11.3. The van der Waals surface area contributed by atoms with Crippen molar-refractivity contribution in [1.82, 2.24) is 18.9 Å². The van der Waals surface area contributed by atoms with Crippen molar-refractivity contribution in [1.29, 1.82) is 0 Å². The standard InChI is InChI=1S/C25H30N4O4/c1-5-26-12-14-27(15-13-26)23(30)18(3)28-22-11-6-17(2)16-21(22)24(31)29(25(28)32)19-7-9-20(33-4)10-8-19/h6-11,16,18H,5,12-15H2,1-4H3. The molecule has 2 aromatic carbocycles. The Morgan fingerprint density at radius 3 is 2.30 bits per heavy atom. The van der Waals surface area contributed by atoms with E-state index in [-0.39, 0.29) is 5.91 Å². The molecule has 1 aromatic heterocycles. The third-order valence-corrected chi connectivity index (χ3v) is 6.45. The Kier molecular flexibility index (Phi) is 6.37. The summed E-state index contributed by atoms with van der Waals surface area (Å²) in [6.07, 6.45) is 0. The molecular weight excluding hydrogens is 420 g/mol. The van der Waals surface area contributed by atoms with Gasteiger partial charge in [-0.2, -0.15) is 0 Å². The van der Waals surface area contributed by atoms with Crippen LogP contribution in [-0.4, -0.2) is 64.7 Å². The van der Waals surface area contributed by atoms with Gasteiger partial charge in [0.25, 0.3) is 5.56 Å². The van der Waals surface area contributed by atoms with E-state index in [0.29, 0.717) is 35.4 Å². The van der Waals surface area contributed by atoms with Crippen molar-refractivity contribution in [3.05, 3.63) is 68.9 Å². The number of likely N-dealkylation sites (N-methyl/N-ethyl adjacent to an activating group) is 1. The van der Waals surface area contributed by atoms with Gasteiger partial charge >= 0.3 is 5.69 Å². The molecule has 3 aromatic rings. The van der Waals surface area contributed by atoms with E-state index >= 15 is 0 Å². The van der Waals surface area contributed by atoms with Crippen LogP contribution in [0.5, 0.6) is 5.75 Å². The third-order valence-electron chi connectivity index (χ3n) is 6.45. The molecule has 1 saturated heterocycles. The number of ether oxygens (including phenoxy) is 1. The number of amides is 1. The Morgan fingerprint density at radius 1 is 1.03 bits per heavy atom. The molecule has 2 heterocycles. The minimum atomic E-state index is -0.749. The van der Waals surface area contributed by atoms with E-state index in [4.69, 9.17) is 4.74 Å². The molecule has 0 bridgehead atoms. The summed E-state index contributed by atoms with van der Waals surface area (Å²) in [4.78, 5) is 44.6. The van der Waals surface area contributed by atoms with Gasteiger partial charge in [-0.3, -0.25) is 14.2 Å². The SMILES string of the molecule is CCN1CCN(C(=O)C(C)n2c(=O)n(-c3ccc(OC)cc3)c(=O)c3cc(C)ccc32)CC1. The molecule has 33 heavy (non-hydrogen) atoms. The highest BCUT2D eigenvalue weighted by Gasteiger charge is 2.28. The summed E-state index contributed by atoms with van der Waals surface area (Å²) in [5.74, 6) is 0.508. The van der Waals surface area contributed by atoms with Gasteiger partial charge in [0.2, 0.25) is 5.91 Å². The number of hydrogen-bond donors (Lipinski definition) is 0. The molecule has 8 nitrogen and oxygen atoms in total. The lowest BCUT2D eigenvalue weighted by Crippen LogP contribution is -2.51. The molecule has 4 rings (SSSR count). The van der Waals surface area contributed by atoms with Crippen LogP contribution >= 0.6 is 0 Å². The van der Waals surface area contributed by atoms with Crippen LogP contribution in [-0.2, 0) is 4.79 Å². The first-order valence-corrected chi connectivity index (χ1v) is 11.3. The fourth-order valence-electron chi connectivity index (χ4n) is 4.44. The number of methoxy groups -OCH3 is 1. The van der Waals surface area contributed by atoms with Crippen molar-refractivity contribution >= 4 is 16.8 Å². The zero-order valence-electron chi connectivity index (χ0n) is 19.6. The second-order valence-corrected chi connectivity index (χ2v) is 8.45. The van der Waals surface area contributed by atoms with Gasteiger partial charge in [-0.25, -0.2) is 9.36 Å². The second-order valence-electron chi connectivity index (χ2n) is 8.45. The first kappa shape index (κ1) is 22.8. The quantitative estimate of drug-likeness (QED) is 0.596. The molecule has 0 aliphatic carbocycles. The van der Waals surface area contributed by atoms with Crippen LogP contribution in [0.15, 0.2) is 52.1 Å². The number of aryl methyl sites for hydroxylation is 1. The van der Waals surface area contributed by atoms with E-state index in [9.17, 15) is 14.4 Å². The van der Waals surface area contributed by atoms with Gasteiger partial charge in [0, 0.05) is 26.2 Å². The number of benzene rings is 2. The number of nitrogens with zero attached hydrogens (tertiary/aromatic N) is 4. The van der Waals surface area contributed by atoms with Crippen LogP contribution in [0.3, 0.4) is 0 Å². The smallest absolute Gasteiger partial charge is 0.336 e. The predicted octanol–water partition coefficient (Wildman–Crippen LogP) is 2.19. The fourth-order valence-corrected chi connectivity index (χ4v) is 4.44. The van der Waals surface area contributed by atoms with E-state index in [1.54, 1.807) is 50.4 Å². The number of rotatable bonds is 5. The minimum Gasteiger partial charge on any atom is -0.497 e. The molecule has 0 spiro atoms. The van der Waals surface area contributed by atoms with E-state index in [1.807, 2.05) is 17.9 Å². The summed E-state index contributed by atoms with van der Waals surface area (Å²) < 4.78 is 7.80. The van der Waals surface area contributed by atoms with Crippen molar-refractivity contribution in [3.8, 4) is 11.4 Å². The van der Waals surface area contributed by atoms with Crippen molar-refractivity contribution in [2.24, 2.45) is 0 Å². The Balaban J connectivity index is 1.86. The highest BCUT2D eigenvalue weighted by molar-refractivity contribution is 5.85. The van der Waals surface area contributed by atoms with E-state index in [1.165, 1.54) is 4.57 Å². The summed E-state index contributed by atoms with van der Waals surface area (Å²) in [5, 5.41) is 0.404. The van der Waals surface area contributed by atoms with Crippen molar-refractivity contribution in [2.45, 2.75) is 26.8 Å². The normalized spacial score (nSPS) is 15.6. The third kappa shape index (κ3) is 4.18. The van der Waals surface area contributed by atoms with Gasteiger partial charge in [0.05, 0.1) is 23.7 Å². The number of aromatic nitrogens is 2. The summed E-state index contributed by atoms with van der Waals surface area (Å²) in [6.45, 7) is 9.57. The molecule has 1 atom stereocenters. The van der Waals surface area contributed by atoms with Gasteiger partial charge in [-0.05, 0) is 56.8 Å². The molecule has 0 saturated carbocycles. The summed E-state index contributed by atoms with van der Waals surface area (Å²) in [5.41, 5.74) is 0.860. The van der Waals surface area contributed by atoms with E-state index in [0.717, 1.165) is 29.8 Å². The maximum Gasteiger partial charge on any atom is 0.336 e. The van der Waals surface area contributed by atoms with Crippen LogP contribution in [0.25, 0.3) is 16.6 Å². The molecule has 0 radical (unpaired) electrons. The predicted molar refractivity (Wildman–Crippen MR) is 128 cm³/mol. The lowest BCUT2D eigenvalue weighted by molar-refractivity contribution is -0.136. The highest BCUT2D eigenvalue weighted by Crippen LogP contribution is 2.19. The molecule has 1 fully saturated rings. The number of fused-ring (bicyclic) bond motifs is 1. The van der Waals surface area contributed by atoms with Gasteiger partial charge in [0.15, 0.2) is 0 Å². The Bertz CT molecular complexity index is 1280. The van der Waals surface area contributed by atoms with Crippen molar-refractivity contribution in [2.75, 3.05) is 39.8 Å². The zero-order chi connectivity index (χ0) is 23.7. The second kappa shape index (κ2) is 9.23.